The second-order valence-electron chi connectivity index (χ2n) is 7.18. The van der Waals surface area contributed by atoms with Crippen LogP contribution in [-0.2, 0) is 24.2 Å². The fourth-order valence-electron chi connectivity index (χ4n) is 4.19. The first-order valence-corrected chi connectivity index (χ1v) is 8.87. The summed E-state index contributed by atoms with van der Waals surface area (Å²) in [7, 11) is 0. The maximum Gasteiger partial charge on any atom is 0.274 e. The number of nitrogens with zero attached hydrogens (tertiary/aromatic N) is 2. The molecule has 1 aliphatic carbocycles. The number of aromatic nitrogens is 1. The Kier molecular flexibility index (Phi) is 4.20. The number of aryl methyl sites for hydroxylation is 1. The predicted molar refractivity (Wildman–Crippen MR) is 94.4 cm³/mol. The summed E-state index contributed by atoms with van der Waals surface area (Å²) in [5.74, 6) is -0.340. The van der Waals surface area contributed by atoms with Crippen LogP contribution in [0, 0.1) is 5.41 Å². The number of hydrogen-bond donors (Lipinski definition) is 2. The maximum atomic E-state index is 13.2. The van der Waals surface area contributed by atoms with Crippen LogP contribution in [0.2, 0.25) is 0 Å². The molecule has 1 unspecified atom stereocenters. The number of hydroxylamine groups is 1. The monoisotopic (exact) mass is 351 g/mol. The van der Waals surface area contributed by atoms with Gasteiger partial charge < -0.3 is 4.90 Å². The summed E-state index contributed by atoms with van der Waals surface area (Å²) in [6.45, 7) is 1.28. The molecule has 2 aromatic rings. The van der Waals surface area contributed by atoms with Crippen LogP contribution < -0.4 is 5.48 Å². The zero-order valence-corrected chi connectivity index (χ0v) is 14.4. The highest BCUT2D eigenvalue weighted by molar-refractivity contribution is 5.93. The number of fused-ring (bicyclic) bond motifs is 1. The molecular formula is C20H21N3O3. The lowest BCUT2D eigenvalue weighted by molar-refractivity contribution is -0.137. The fourth-order valence-corrected chi connectivity index (χ4v) is 4.19. The molecular weight excluding hydrogens is 330 g/mol. The molecule has 2 heterocycles. The van der Waals surface area contributed by atoms with E-state index in [1.165, 1.54) is 5.56 Å². The van der Waals surface area contributed by atoms with Crippen molar-refractivity contribution in [2.45, 2.75) is 32.2 Å². The molecule has 4 rings (SSSR count). The number of benzene rings is 1. The van der Waals surface area contributed by atoms with Crippen LogP contribution >= 0.6 is 0 Å². The van der Waals surface area contributed by atoms with Crippen LogP contribution in [0.15, 0.2) is 42.6 Å². The van der Waals surface area contributed by atoms with Crippen LogP contribution in [0.25, 0.3) is 0 Å². The summed E-state index contributed by atoms with van der Waals surface area (Å²) in [6.07, 6.45) is 4.89. The first kappa shape index (κ1) is 16.7. The van der Waals surface area contributed by atoms with E-state index in [1.807, 2.05) is 29.2 Å². The Morgan fingerprint density at radius 1 is 1.23 bits per heavy atom. The molecule has 6 heteroatoms. The molecule has 2 amide bonds. The summed E-state index contributed by atoms with van der Waals surface area (Å²) in [5, 5.41) is 8.85. The minimum Gasteiger partial charge on any atom is -0.336 e. The largest absolute Gasteiger partial charge is 0.336 e. The number of amides is 2. The highest BCUT2D eigenvalue weighted by atomic mass is 16.5. The number of nitrogens with one attached hydrogen (secondary N) is 1. The lowest BCUT2D eigenvalue weighted by Crippen LogP contribution is -2.38. The molecule has 0 bridgehead atoms. The van der Waals surface area contributed by atoms with Gasteiger partial charge in [-0.15, -0.1) is 0 Å². The molecule has 2 N–H and O–H groups in total. The molecule has 0 saturated carbocycles. The van der Waals surface area contributed by atoms with Gasteiger partial charge in [0.15, 0.2) is 0 Å². The molecule has 134 valence electrons. The minimum absolute atomic E-state index is 0.186. The van der Waals surface area contributed by atoms with E-state index in [1.54, 1.807) is 23.8 Å². The molecule has 26 heavy (non-hydrogen) atoms. The van der Waals surface area contributed by atoms with Crippen molar-refractivity contribution in [3.8, 4) is 0 Å². The third-order valence-electron chi connectivity index (χ3n) is 5.65. The van der Waals surface area contributed by atoms with E-state index in [9.17, 15) is 9.59 Å². The van der Waals surface area contributed by atoms with Crippen LogP contribution in [0.5, 0.6) is 0 Å². The molecule has 1 saturated heterocycles. The van der Waals surface area contributed by atoms with Gasteiger partial charge in [0, 0.05) is 18.3 Å². The first-order valence-electron chi connectivity index (χ1n) is 8.87. The second kappa shape index (κ2) is 6.53. The van der Waals surface area contributed by atoms with E-state index in [4.69, 9.17) is 5.21 Å². The SMILES string of the molecule is O=C(NO)c1ccc2c(c1)CC1(CC2)CCN(Cc2ccccn2)C1=O. The topological polar surface area (TPSA) is 82.5 Å². The molecule has 1 atom stereocenters. The highest BCUT2D eigenvalue weighted by Crippen LogP contribution is 2.44. The van der Waals surface area contributed by atoms with Gasteiger partial charge >= 0.3 is 0 Å². The predicted octanol–water partition coefficient (Wildman–Crippen LogP) is 2.11. The number of carbonyl (C=O) groups excluding carboxylic acids is 2. The van der Waals surface area contributed by atoms with Crippen LogP contribution in [0.1, 0.15) is 40.0 Å². The molecule has 1 spiro atoms. The van der Waals surface area contributed by atoms with Crippen molar-refractivity contribution in [1.82, 2.24) is 15.4 Å². The Hall–Kier alpha value is -2.73. The molecule has 1 aliphatic heterocycles. The van der Waals surface area contributed by atoms with Crippen molar-refractivity contribution in [3.63, 3.8) is 0 Å². The molecule has 2 aliphatic rings. The Morgan fingerprint density at radius 3 is 2.88 bits per heavy atom. The maximum absolute atomic E-state index is 13.2. The Labute approximate surface area is 151 Å². The van der Waals surface area contributed by atoms with Gasteiger partial charge in [0.2, 0.25) is 5.91 Å². The van der Waals surface area contributed by atoms with E-state index < -0.39 is 5.91 Å². The van der Waals surface area contributed by atoms with E-state index >= 15 is 0 Å². The lowest BCUT2D eigenvalue weighted by Gasteiger charge is -2.33. The summed E-state index contributed by atoms with van der Waals surface area (Å²) < 4.78 is 0. The third kappa shape index (κ3) is 2.86. The smallest absolute Gasteiger partial charge is 0.274 e. The number of pyridine rings is 1. The molecule has 0 radical (unpaired) electrons. The number of hydrogen-bond acceptors (Lipinski definition) is 4. The van der Waals surface area contributed by atoms with Gasteiger partial charge in [0.1, 0.15) is 0 Å². The number of carbonyl (C=O) groups is 2. The van der Waals surface area contributed by atoms with Gasteiger partial charge in [-0.05, 0) is 61.1 Å². The summed E-state index contributed by atoms with van der Waals surface area (Å²) in [4.78, 5) is 31.1. The van der Waals surface area contributed by atoms with E-state index in [-0.39, 0.29) is 11.3 Å². The third-order valence-corrected chi connectivity index (χ3v) is 5.65. The summed E-state index contributed by atoms with van der Waals surface area (Å²) in [5.41, 5.74) is 4.82. The molecule has 1 aromatic heterocycles. The zero-order chi connectivity index (χ0) is 18.1. The highest BCUT2D eigenvalue weighted by Gasteiger charge is 2.48. The molecule has 1 fully saturated rings. The van der Waals surface area contributed by atoms with E-state index in [0.29, 0.717) is 18.5 Å². The van der Waals surface area contributed by atoms with Crippen LogP contribution in [0.3, 0.4) is 0 Å². The summed E-state index contributed by atoms with van der Waals surface area (Å²) in [6, 6.07) is 11.2. The summed E-state index contributed by atoms with van der Waals surface area (Å²) >= 11 is 0. The molecule has 6 nitrogen and oxygen atoms in total. The average Bonchev–Trinajstić information content (AvgIpc) is 2.97. The number of rotatable bonds is 3. The van der Waals surface area contributed by atoms with Crippen molar-refractivity contribution >= 4 is 11.8 Å². The van der Waals surface area contributed by atoms with E-state index in [2.05, 4.69) is 4.98 Å². The van der Waals surface area contributed by atoms with Crippen LogP contribution in [-0.4, -0.2) is 33.5 Å². The van der Waals surface area contributed by atoms with Crippen molar-refractivity contribution < 1.29 is 14.8 Å². The Morgan fingerprint density at radius 2 is 2.12 bits per heavy atom. The molecule has 1 aromatic carbocycles. The van der Waals surface area contributed by atoms with Gasteiger partial charge in [0.05, 0.1) is 17.7 Å². The van der Waals surface area contributed by atoms with Crippen LogP contribution in [0.4, 0.5) is 0 Å². The van der Waals surface area contributed by atoms with Crippen molar-refractivity contribution in [3.05, 3.63) is 65.0 Å². The van der Waals surface area contributed by atoms with Crippen molar-refractivity contribution in [2.24, 2.45) is 5.41 Å². The Bertz CT molecular complexity index is 853. The van der Waals surface area contributed by atoms with Gasteiger partial charge in [-0.25, -0.2) is 5.48 Å². The lowest BCUT2D eigenvalue weighted by atomic mass is 9.70. The quantitative estimate of drug-likeness (QED) is 0.655. The zero-order valence-electron chi connectivity index (χ0n) is 14.4. The van der Waals surface area contributed by atoms with Gasteiger partial charge in [-0.3, -0.25) is 19.8 Å². The standard InChI is InChI=1S/C20H21N3O3/c24-18(22-26)15-5-4-14-6-7-20(12-16(14)11-15)8-10-23(19(20)25)13-17-3-1-2-9-21-17/h1-5,9,11,26H,6-8,10,12-13H2,(H,22,24). The van der Waals surface area contributed by atoms with Gasteiger partial charge in [-0.1, -0.05) is 12.1 Å². The Balaban J connectivity index is 1.55. The first-order chi connectivity index (χ1) is 12.6. The fraction of sp³-hybridized carbons (Fsp3) is 0.350. The normalized spacial score (nSPS) is 21.7. The van der Waals surface area contributed by atoms with Gasteiger partial charge in [-0.2, -0.15) is 0 Å². The van der Waals surface area contributed by atoms with Crippen molar-refractivity contribution in [1.29, 1.82) is 0 Å². The second-order valence-corrected chi connectivity index (χ2v) is 7.18. The van der Waals surface area contributed by atoms with Crippen molar-refractivity contribution in [2.75, 3.05) is 6.54 Å². The minimum atomic E-state index is -0.526. The average molecular weight is 351 g/mol. The van der Waals surface area contributed by atoms with Gasteiger partial charge in [0.25, 0.3) is 5.91 Å². The number of likely N-dealkylation sites (tertiary alicyclic amines) is 1. The van der Waals surface area contributed by atoms with E-state index in [0.717, 1.165) is 37.1 Å².